The Morgan fingerprint density at radius 1 is 1.07 bits per heavy atom. The average Bonchev–Trinajstić information content (AvgIpc) is 3.05. The quantitative estimate of drug-likeness (QED) is 0.777. The van der Waals surface area contributed by atoms with Gasteiger partial charge < -0.3 is 9.47 Å². The van der Waals surface area contributed by atoms with Gasteiger partial charge in [-0.3, -0.25) is 15.0 Å². The summed E-state index contributed by atoms with van der Waals surface area (Å²) in [5, 5.41) is 4.06. The Bertz CT molecular complexity index is 938. The first kappa shape index (κ1) is 19.7. The van der Waals surface area contributed by atoms with Crippen molar-refractivity contribution in [3.63, 3.8) is 0 Å². The van der Waals surface area contributed by atoms with E-state index in [1.54, 1.807) is 19.2 Å². The van der Waals surface area contributed by atoms with E-state index in [2.05, 4.69) is 11.4 Å². The molecular formula is C23H23ClN2O3. The van der Waals surface area contributed by atoms with Crippen LogP contribution in [0.4, 0.5) is 5.69 Å². The predicted molar refractivity (Wildman–Crippen MR) is 114 cm³/mol. The Morgan fingerprint density at radius 2 is 1.72 bits per heavy atom. The number of hydrogen-bond donors (Lipinski definition) is 1. The number of nitrogens with zero attached hydrogens (tertiary/aromatic N) is 1. The van der Waals surface area contributed by atoms with Crippen molar-refractivity contribution in [2.24, 2.45) is 0 Å². The number of allylic oxidation sites excluding steroid dienone is 2. The largest absolute Gasteiger partial charge is 0.457 e. The van der Waals surface area contributed by atoms with Crippen molar-refractivity contribution in [2.45, 2.75) is 31.7 Å². The van der Waals surface area contributed by atoms with Gasteiger partial charge in [-0.1, -0.05) is 29.8 Å². The summed E-state index contributed by atoms with van der Waals surface area (Å²) < 4.78 is 11.3. The van der Waals surface area contributed by atoms with Crippen molar-refractivity contribution in [3.8, 4) is 11.5 Å². The molecule has 1 N–H and O–H groups in total. The standard InChI is InChI=1S/C23H23ClN2O3/c1-15-23(27)26(22(25-15)16-4-3-5-21(14-16)28-2)18-8-12-20(13-9-18)29-19-10-6-17(24)7-11-19/h3-13,15,21-22,25H,14H2,1-2H3/t15-,21?,22?/m0/s1. The maximum Gasteiger partial charge on any atom is 0.245 e. The van der Waals surface area contributed by atoms with Gasteiger partial charge >= 0.3 is 0 Å². The minimum atomic E-state index is -0.252. The SMILES string of the molecule is COC1C=CC=C(C2N[C@@H](C)C(=O)N2c2ccc(Oc3ccc(Cl)cc3)cc2)C1. The molecule has 0 bridgehead atoms. The van der Waals surface area contributed by atoms with Gasteiger partial charge in [0.25, 0.3) is 0 Å². The Labute approximate surface area is 175 Å². The van der Waals surface area contributed by atoms with Crippen molar-refractivity contribution in [3.05, 3.63) is 77.4 Å². The van der Waals surface area contributed by atoms with E-state index in [9.17, 15) is 4.79 Å². The number of halogens is 1. The maximum atomic E-state index is 12.9. The van der Waals surface area contributed by atoms with E-state index >= 15 is 0 Å². The van der Waals surface area contributed by atoms with E-state index < -0.39 is 0 Å². The molecule has 3 atom stereocenters. The van der Waals surface area contributed by atoms with E-state index in [0.29, 0.717) is 16.5 Å². The number of hydrogen-bond acceptors (Lipinski definition) is 4. The second-order valence-electron chi connectivity index (χ2n) is 7.15. The lowest BCUT2D eigenvalue weighted by atomic mass is 9.99. The molecule has 1 aliphatic heterocycles. The molecule has 5 nitrogen and oxygen atoms in total. The van der Waals surface area contributed by atoms with Gasteiger partial charge in [-0.05, 0) is 61.0 Å². The van der Waals surface area contributed by atoms with Crippen LogP contribution < -0.4 is 15.0 Å². The number of nitrogens with one attached hydrogen (secondary N) is 1. The molecule has 4 rings (SSSR count). The van der Waals surface area contributed by atoms with Gasteiger partial charge in [-0.15, -0.1) is 0 Å². The number of carbonyl (C=O) groups is 1. The first-order valence-corrected chi connectivity index (χ1v) is 9.95. The van der Waals surface area contributed by atoms with Crippen LogP contribution in [0.5, 0.6) is 11.5 Å². The molecule has 1 fully saturated rings. The summed E-state index contributed by atoms with van der Waals surface area (Å²) in [5.41, 5.74) is 1.95. The second-order valence-corrected chi connectivity index (χ2v) is 7.59. The molecule has 1 amide bonds. The van der Waals surface area contributed by atoms with E-state index in [1.165, 1.54) is 0 Å². The van der Waals surface area contributed by atoms with Crippen molar-refractivity contribution >= 4 is 23.2 Å². The molecule has 6 heteroatoms. The van der Waals surface area contributed by atoms with Crippen LogP contribution in [0.15, 0.2) is 72.3 Å². The van der Waals surface area contributed by atoms with E-state index in [1.807, 2.05) is 60.4 Å². The summed E-state index contributed by atoms with van der Waals surface area (Å²) in [4.78, 5) is 14.7. The number of anilines is 1. The number of amides is 1. The van der Waals surface area contributed by atoms with Crippen LogP contribution >= 0.6 is 11.6 Å². The lowest BCUT2D eigenvalue weighted by Gasteiger charge is -2.29. The van der Waals surface area contributed by atoms with Crippen LogP contribution in [0.25, 0.3) is 0 Å². The highest BCUT2D eigenvalue weighted by Gasteiger charge is 2.39. The molecule has 2 aliphatic rings. The van der Waals surface area contributed by atoms with Gasteiger partial charge in [0.05, 0.1) is 12.1 Å². The molecule has 1 saturated heterocycles. The maximum absolute atomic E-state index is 12.9. The zero-order valence-corrected chi connectivity index (χ0v) is 17.1. The molecule has 150 valence electrons. The molecule has 2 aromatic rings. The third kappa shape index (κ3) is 4.22. The lowest BCUT2D eigenvalue weighted by Crippen LogP contribution is -2.40. The number of carbonyl (C=O) groups excluding carboxylic acids is 1. The first-order chi connectivity index (χ1) is 14.0. The monoisotopic (exact) mass is 410 g/mol. The van der Waals surface area contributed by atoms with Crippen LogP contribution in [0, 0.1) is 0 Å². The van der Waals surface area contributed by atoms with Crippen molar-refractivity contribution in [1.29, 1.82) is 0 Å². The first-order valence-electron chi connectivity index (χ1n) is 9.58. The zero-order chi connectivity index (χ0) is 20.4. The van der Waals surface area contributed by atoms with Crippen molar-refractivity contribution < 1.29 is 14.3 Å². The molecule has 1 heterocycles. The molecular weight excluding hydrogens is 388 g/mol. The number of ether oxygens (including phenoxy) is 2. The Balaban J connectivity index is 1.55. The highest BCUT2D eigenvalue weighted by Crippen LogP contribution is 2.31. The fourth-order valence-electron chi connectivity index (χ4n) is 3.62. The van der Waals surface area contributed by atoms with Gasteiger partial charge in [-0.25, -0.2) is 0 Å². The lowest BCUT2D eigenvalue weighted by molar-refractivity contribution is -0.118. The van der Waals surface area contributed by atoms with E-state index in [4.69, 9.17) is 21.1 Å². The summed E-state index contributed by atoms with van der Waals surface area (Å²) in [6.45, 7) is 1.89. The van der Waals surface area contributed by atoms with Crippen molar-refractivity contribution in [1.82, 2.24) is 5.32 Å². The fourth-order valence-corrected chi connectivity index (χ4v) is 3.74. The van der Waals surface area contributed by atoms with Crippen LogP contribution in [0.2, 0.25) is 5.02 Å². The minimum Gasteiger partial charge on any atom is -0.457 e. The van der Waals surface area contributed by atoms with Gasteiger partial charge in [0.1, 0.15) is 17.7 Å². The normalized spacial score (nSPS) is 24.0. The topological polar surface area (TPSA) is 50.8 Å². The van der Waals surface area contributed by atoms with Crippen molar-refractivity contribution in [2.75, 3.05) is 12.0 Å². The van der Waals surface area contributed by atoms with E-state index in [-0.39, 0.29) is 24.2 Å². The molecule has 0 saturated carbocycles. The average molecular weight is 411 g/mol. The van der Waals surface area contributed by atoms with Crippen LogP contribution in [0.1, 0.15) is 13.3 Å². The number of benzene rings is 2. The summed E-state index contributed by atoms with van der Waals surface area (Å²) in [6, 6.07) is 14.5. The van der Waals surface area contributed by atoms with Crippen LogP contribution in [-0.4, -0.2) is 31.3 Å². The molecule has 1 aliphatic carbocycles. The second kappa shape index (κ2) is 8.41. The molecule has 2 unspecified atom stereocenters. The molecule has 0 radical (unpaired) electrons. The Kier molecular flexibility index (Phi) is 5.72. The van der Waals surface area contributed by atoms with Crippen LogP contribution in [-0.2, 0) is 9.53 Å². The predicted octanol–water partition coefficient (Wildman–Crippen LogP) is 4.68. The molecule has 0 spiro atoms. The summed E-state index contributed by atoms with van der Waals surface area (Å²) >= 11 is 5.91. The zero-order valence-electron chi connectivity index (χ0n) is 16.3. The highest BCUT2D eigenvalue weighted by molar-refractivity contribution is 6.30. The van der Waals surface area contributed by atoms with Gasteiger partial charge in [-0.2, -0.15) is 0 Å². The van der Waals surface area contributed by atoms with Gasteiger partial charge in [0.15, 0.2) is 0 Å². The van der Waals surface area contributed by atoms with E-state index in [0.717, 1.165) is 17.7 Å². The summed E-state index contributed by atoms with van der Waals surface area (Å²) in [6.07, 6.45) is 6.66. The third-order valence-corrected chi connectivity index (χ3v) is 5.42. The minimum absolute atomic E-state index is 0.0276. The number of methoxy groups -OCH3 is 1. The Morgan fingerprint density at radius 3 is 2.38 bits per heavy atom. The summed E-state index contributed by atoms with van der Waals surface area (Å²) in [7, 11) is 1.70. The fraction of sp³-hybridized carbons (Fsp3) is 0.261. The number of rotatable bonds is 5. The summed E-state index contributed by atoms with van der Waals surface area (Å²) in [5.74, 6) is 1.45. The highest BCUT2D eigenvalue weighted by atomic mass is 35.5. The molecule has 29 heavy (non-hydrogen) atoms. The smallest absolute Gasteiger partial charge is 0.245 e. The third-order valence-electron chi connectivity index (χ3n) is 5.17. The molecule has 2 aromatic carbocycles. The van der Waals surface area contributed by atoms with Gasteiger partial charge in [0, 0.05) is 24.2 Å². The molecule has 0 aromatic heterocycles. The van der Waals surface area contributed by atoms with Crippen LogP contribution in [0.3, 0.4) is 0 Å². The Hall–Kier alpha value is -2.60. The van der Waals surface area contributed by atoms with Gasteiger partial charge in [0.2, 0.25) is 5.91 Å².